The maximum absolute atomic E-state index is 11.7. The van der Waals surface area contributed by atoms with E-state index in [-0.39, 0.29) is 25.7 Å². The summed E-state index contributed by atoms with van der Waals surface area (Å²) >= 11 is 3.37. The first-order valence-corrected chi connectivity index (χ1v) is 8.34. The van der Waals surface area contributed by atoms with Gasteiger partial charge in [-0.15, -0.1) is 0 Å². The van der Waals surface area contributed by atoms with Crippen molar-refractivity contribution in [1.82, 2.24) is 5.32 Å². The second-order valence-corrected chi connectivity index (χ2v) is 5.76. The molecule has 0 aromatic heterocycles. The van der Waals surface area contributed by atoms with E-state index in [9.17, 15) is 4.79 Å². The summed E-state index contributed by atoms with van der Waals surface area (Å²) in [5.41, 5.74) is 0. The van der Waals surface area contributed by atoms with Crippen molar-refractivity contribution in [2.24, 2.45) is 0 Å². The Labute approximate surface area is 155 Å². The van der Waals surface area contributed by atoms with Crippen LogP contribution in [0.3, 0.4) is 0 Å². The minimum atomic E-state index is -0.238. The van der Waals surface area contributed by atoms with E-state index >= 15 is 0 Å². The monoisotopic (exact) mass is 403 g/mol. The highest BCUT2D eigenvalue weighted by molar-refractivity contribution is 9.10. The Morgan fingerprint density at radius 2 is 1.80 bits per heavy atom. The Hall–Kier alpha value is -2.65. The minimum Gasteiger partial charge on any atom is -0.497 e. The molecule has 0 aliphatic rings. The van der Waals surface area contributed by atoms with Gasteiger partial charge in [0, 0.05) is 4.47 Å². The highest BCUT2D eigenvalue weighted by Crippen LogP contribution is 2.17. The van der Waals surface area contributed by atoms with Gasteiger partial charge in [-0.05, 0) is 42.5 Å². The van der Waals surface area contributed by atoms with Crippen LogP contribution < -0.4 is 19.5 Å². The van der Waals surface area contributed by atoms with Crippen molar-refractivity contribution in [2.75, 3.05) is 26.9 Å². The Morgan fingerprint density at radius 1 is 1.04 bits per heavy atom. The SMILES string of the molecule is COc1ccc(OCC(=O)NCC#CCOc2cccc(Br)c2)cc1. The molecule has 0 aliphatic heterocycles. The van der Waals surface area contributed by atoms with Crippen LogP contribution >= 0.6 is 15.9 Å². The number of hydrogen-bond donors (Lipinski definition) is 1. The second kappa shape index (κ2) is 10.3. The zero-order valence-corrected chi connectivity index (χ0v) is 15.3. The van der Waals surface area contributed by atoms with Crippen LogP contribution in [0.4, 0.5) is 0 Å². The predicted molar refractivity (Wildman–Crippen MR) is 98.9 cm³/mol. The number of nitrogens with one attached hydrogen (secondary N) is 1. The quantitative estimate of drug-likeness (QED) is 0.721. The van der Waals surface area contributed by atoms with Crippen molar-refractivity contribution >= 4 is 21.8 Å². The lowest BCUT2D eigenvalue weighted by Gasteiger charge is -2.06. The summed E-state index contributed by atoms with van der Waals surface area (Å²) in [4.78, 5) is 11.7. The van der Waals surface area contributed by atoms with Gasteiger partial charge in [-0.2, -0.15) is 0 Å². The molecule has 5 nitrogen and oxygen atoms in total. The van der Waals surface area contributed by atoms with Crippen molar-refractivity contribution in [3.05, 3.63) is 53.0 Å². The van der Waals surface area contributed by atoms with Crippen LogP contribution in [-0.4, -0.2) is 32.8 Å². The Kier molecular flexibility index (Phi) is 7.67. The van der Waals surface area contributed by atoms with Gasteiger partial charge >= 0.3 is 0 Å². The highest BCUT2D eigenvalue weighted by Gasteiger charge is 2.01. The fraction of sp³-hybridized carbons (Fsp3) is 0.211. The van der Waals surface area contributed by atoms with Gasteiger partial charge in [0.15, 0.2) is 6.61 Å². The molecule has 0 atom stereocenters. The third-order valence-corrected chi connectivity index (χ3v) is 3.53. The summed E-state index contributed by atoms with van der Waals surface area (Å²) < 4.78 is 16.8. The number of halogens is 1. The number of methoxy groups -OCH3 is 1. The molecular weight excluding hydrogens is 386 g/mol. The van der Waals surface area contributed by atoms with Crippen LogP contribution in [0.25, 0.3) is 0 Å². The Morgan fingerprint density at radius 3 is 2.52 bits per heavy atom. The molecule has 0 radical (unpaired) electrons. The summed E-state index contributed by atoms with van der Waals surface area (Å²) in [6, 6.07) is 14.5. The van der Waals surface area contributed by atoms with Crippen LogP contribution in [-0.2, 0) is 4.79 Å². The van der Waals surface area contributed by atoms with E-state index < -0.39 is 0 Å². The van der Waals surface area contributed by atoms with E-state index in [1.54, 1.807) is 31.4 Å². The van der Waals surface area contributed by atoms with E-state index in [1.807, 2.05) is 24.3 Å². The van der Waals surface area contributed by atoms with Gasteiger partial charge in [0.2, 0.25) is 0 Å². The van der Waals surface area contributed by atoms with Crippen molar-refractivity contribution in [3.8, 4) is 29.1 Å². The zero-order chi connectivity index (χ0) is 17.9. The lowest BCUT2D eigenvalue weighted by Crippen LogP contribution is -2.29. The zero-order valence-electron chi connectivity index (χ0n) is 13.8. The lowest BCUT2D eigenvalue weighted by molar-refractivity contribution is -0.122. The summed E-state index contributed by atoms with van der Waals surface area (Å²) in [6.45, 7) is 0.434. The Balaban J connectivity index is 1.62. The van der Waals surface area contributed by atoms with Crippen molar-refractivity contribution in [2.45, 2.75) is 0 Å². The number of ether oxygens (including phenoxy) is 3. The summed E-state index contributed by atoms with van der Waals surface area (Å²) in [5.74, 6) is 7.50. The molecule has 1 amide bonds. The molecule has 6 heteroatoms. The van der Waals surface area contributed by atoms with Crippen molar-refractivity contribution in [1.29, 1.82) is 0 Å². The Bertz CT molecular complexity index is 750. The van der Waals surface area contributed by atoms with Crippen molar-refractivity contribution < 1.29 is 19.0 Å². The standard InChI is InChI=1S/C19H18BrNO4/c1-23-16-7-9-17(10-8-16)25-14-19(22)21-11-2-3-12-24-18-6-4-5-15(20)13-18/h4-10,13H,11-12,14H2,1H3,(H,21,22). The van der Waals surface area contributed by atoms with Gasteiger partial charge in [-0.3, -0.25) is 4.79 Å². The van der Waals surface area contributed by atoms with Crippen LogP contribution in [0.1, 0.15) is 0 Å². The molecule has 0 fully saturated rings. The van der Waals surface area contributed by atoms with E-state index in [0.29, 0.717) is 5.75 Å². The number of benzene rings is 2. The van der Waals surface area contributed by atoms with E-state index in [4.69, 9.17) is 14.2 Å². The molecule has 130 valence electrons. The summed E-state index contributed by atoms with van der Waals surface area (Å²) in [7, 11) is 1.59. The normalized spacial score (nSPS) is 9.52. The van der Waals surface area contributed by atoms with Gasteiger partial charge in [-0.1, -0.05) is 33.8 Å². The molecule has 0 saturated heterocycles. The first kappa shape index (κ1) is 18.7. The first-order chi connectivity index (χ1) is 12.2. The second-order valence-electron chi connectivity index (χ2n) is 4.84. The third kappa shape index (κ3) is 7.19. The fourth-order valence-electron chi connectivity index (χ4n) is 1.80. The third-order valence-electron chi connectivity index (χ3n) is 3.04. The fourth-order valence-corrected chi connectivity index (χ4v) is 2.18. The largest absolute Gasteiger partial charge is 0.497 e. The number of amides is 1. The van der Waals surface area contributed by atoms with Gasteiger partial charge in [0.1, 0.15) is 23.9 Å². The van der Waals surface area contributed by atoms with Gasteiger partial charge in [-0.25, -0.2) is 0 Å². The lowest BCUT2D eigenvalue weighted by atomic mass is 10.3. The smallest absolute Gasteiger partial charge is 0.258 e. The number of hydrogen-bond acceptors (Lipinski definition) is 4. The molecule has 0 aliphatic carbocycles. The van der Waals surface area contributed by atoms with E-state index in [2.05, 4.69) is 33.1 Å². The van der Waals surface area contributed by atoms with E-state index in [1.165, 1.54) is 0 Å². The number of carbonyl (C=O) groups is 1. The molecule has 1 N–H and O–H groups in total. The number of carbonyl (C=O) groups excluding carboxylic acids is 1. The molecule has 0 saturated carbocycles. The average Bonchev–Trinajstić information content (AvgIpc) is 2.63. The molecular formula is C19H18BrNO4. The van der Waals surface area contributed by atoms with Gasteiger partial charge < -0.3 is 19.5 Å². The molecule has 25 heavy (non-hydrogen) atoms. The van der Waals surface area contributed by atoms with Gasteiger partial charge in [0.05, 0.1) is 13.7 Å². The first-order valence-electron chi connectivity index (χ1n) is 7.55. The topological polar surface area (TPSA) is 56.8 Å². The molecule has 0 spiro atoms. The molecule has 0 bridgehead atoms. The van der Waals surface area contributed by atoms with Crippen LogP contribution in [0.2, 0.25) is 0 Å². The predicted octanol–water partition coefficient (Wildman–Crippen LogP) is 3.04. The minimum absolute atomic E-state index is 0.0669. The van der Waals surface area contributed by atoms with Gasteiger partial charge in [0.25, 0.3) is 5.91 Å². The maximum Gasteiger partial charge on any atom is 0.258 e. The van der Waals surface area contributed by atoms with Crippen LogP contribution in [0.15, 0.2) is 53.0 Å². The highest BCUT2D eigenvalue weighted by atomic mass is 79.9. The summed E-state index contributed by atoms with van der Waals surface area (Å²) in [6.07, 6.45) is 0. The number of rotatable bonds is 7. The molecule has 0 unspecified atom stereocenters. The summed E-state index contributed by atoms with van der Waals surface area (Å²) in [5, 5.41) is 2.66. The average molecular weight is 404 g/mol. The van der Waals surface area contributed by atoms with Crippen LogP contribution in [0, 0.1) is 11.8 Å². The maximum atomic E-state index is 11.7. The van der Waals surface area contributed by atoms with Crippen molar-refractivity contribution in [3.63, 3.8) is 0 Å². The molecule has 2 aromatic rings. The molecule has 0 heterocycles. The molecule has 2 aromatic carbocycles. The van der Waals surface area contributed by atoms with E-state index in [0.717, 1.165) is 16.0 Å². The molecule has 2 rings (SSSR count). The van der Waals surface area contributed by atoms with Crippen LogP contribution in [0.5, 0.6) is 17.2 Å².